The van der Waals surface area contributed by atoms with Crippen molar-refractivity contribution in [1.29, 1.82) is 0 Å². The lowest BCUT2D eigenvalue weighted by Gasteiger charge is -2.10. The molecule has 5 nitrogen and oxygen atoms in total. The van der Waals surface area contributed by atoms with Crippen molar-refractivity contribution in [3.05, 3.63) is 53.9 Å². The number of amides is 1. The van der Waals surface area contributed by atoms with Crippen LogP contribution in [0.2, 0.25) is 0 Å². The Morgan fingerprint density at radius 3 is 2.80 bits per heavy atom. The van der Waals surface area contributed by atoms with Gasteiger partial charge in [-0.3, -0.25) is 4.79 Å². The summed E-state index contributed by atoms with van der Waals surface area (Å²) in [6, 6.07) is 11.9. The second-order valence-corrected chi connectivity index (χ2v) is 8.17. The largest absolute Gasteiger partial charge is 0.484 e. The van der Waals surface area contributed by atoms with Gasteiger partial charge in [-0.15, -0.1) is 23.5 Å². The van der Waals surface area contributed by atoms with E-state index < -0.39 is 0 Å². The molecule has 1 aliphatic rings. The molecule has 1 aliphatic heterocycles. The normalized spacial score (nSPS) is 14.9. The standard InChI is InChI=1S/C18H21N3O2S2/c1-2-21-9-3-4-15(21)12-19-20-17(22)13-23-16-7-5-14(6-8-16)18-24-10-11-25-18/h3-9,12,18H,2,10-11,13H2,1H3,(H,20,22)/b19-12-. The van der Waals surface area contributed by atoms with Gasteiger partial charge in [0.15, 0.2) is 6.61 Å². The number of benzene rings is 1. The summed E-state index contributed by atoms with van der Waals surface area (Å²) in [5.74, 6) is 2.82. The Bertz CT molecular complexity index is 722. The van der Waals surface area contributed by atoms with E-state index in [4.69, 9.17) is 4.74 Å². The molecule has 0 saturated carbocycles. The van der Waals surface area contributed by atoms with Crippen LogP contribution in [-0.4, -0.2) is 34.8 Å². The Morgan fingerprint density at radius 2 is 2.08 bits per heavy atom. The lowest BCUT2D eigenvalue weighted by atomic mass is 10.2. The molecule has 132 valence electrons. The summed E-state index contributed by atoms with van der Waals surface area (Å²) in [6.45, 7) is 2.86. The quantitative estimate of drug-likeness (QED) is 0.594. The minimum Gasteiger partial charge on any atom is -0.484 e. The lowest BCUT2D eigenvalue weighted by molar-refractivity contribution is -0.123. The third-order valence-electron chi connectivity index (χ3n) is 3.74. The summed E-state index contributed by atoms with van der Waals surface area (Å²) in [4.78, 5) is 11.8. The van der Waals surface area contributed by atoms with Gasteiger partial charge in [0.1, 0.15) is 5.75 Å². The monoisotopic (exact) mass is 375 g/mol. The van der Waals surface area contributed by atoms with E-state index in [2.05, 4.69) is 29.6 Å². The highest BCUT2D eigenvalue weighted by molar-refractivity contribution is 8.19. The van der Waals surface area contributed by atoms with Gasteiger partial charge in [0.05, 0.1) is 16.5 Å². The molecular weight excluding hydrogens is 354 g/mol. The number of aromatic nitrogens is 1. The van der Waals surface area contributed by atoms with Crippen LogP contribution in [0.3, 0.4) is 0 Å². The summed E-state index contributed by atoms with van der Waals surface area (Å²) in [5, 5.41) is 3.97. The molecule has 1 aromatic carbocycles. The molecule has 0 atom stereocenters. The average Bonchev–Trinajstić information content (AvgIpc) is 3.32. The Kier molecular flexibility index (Phi) is 6.47. The van der Waals surface area contributed by atoms with E-state index in [9.17, 15) is 4.79 Å². The summed E-state index contributed by atoms with van der Waals surface area (Å²) >= 11 is 3.94. The molecule has 3 rings (SSSR count). The number of thioether (sulfide) groups is 2. The number of hydrogen-bond acceptors (Lipinski definition) is 5. The molecule has 0 radical (unpaired) electrons. The van der Waals surface area contributed by atoms with Crippen LogP contribution >= 0.6 is 23.5 Å². The van der Waals surface area contributed by atoms with Crippen LogP contribution in [-0.2, 0) is 11.3 Å². The van der Waals surface area contributed by atoms with Gasteiger partial charge in [-0.2, -0.15) is 5.10 Å². The highest BCUT2D eigenvalue weighted by Crippen LogP contribution is 2.45. The number of carbonyl (C=O) groups is 1. The van der Waals surface area contributed by atoms with Gasteiger partial charge < -0.3 is 9.30 Å². The maximum atomic E-state index is 11.8. The smallest absolute Gasteiger partial charge is 0.277 e. The van der Waals surface area contributed by atoms with Crippen molar-refractivity contribution >= 4 is 35.6 Å². The van der Waals surface area contributed by atoms with Gasteiger partial charge in [-0.25, -0.2) is 5.43 Å². The van der Waals surface area contributed by atoms with Crippen molar-refractivity contribution < 1.29 is 9.53 Å². The zero-order valence-electron chi connectivity index (χ0n) is 14.1. The minimum atomic E-state index is -0.281. The lowest BCUT2D eigenvalue weighted by Crippen LogP contribution is -2.24. The zero-order valence-corrected chi connectivity index (χ0v) is 15.7. The van der Waals surface area contributed by atoms with E-state index in [1.54, 1.807) is 6.21 Å². The molecule has 0 aliphatic carbocycles. The molecule has 2 heterocycles. The topological polar surface area (TPSA) is 55.6 Å². The van der Waals surface area contributed by atoms with Gasteiger partial charge in [0.25, 0.3) is 5.91 Å². The Morgan fingerprint density at radius 1 is 1.32 bits per heavy atom. The first-order valence-electron chi connectivity index (χ1n) is 8.19. The molecule has 1 amide bonds. The van der Waals surface area contributed by atoms with E-state index >= 15 is 0 Å². The van der Waals surface area contributed by atoms with Crippen molar-refractivity contribution in [3.8, 4) is 5.75 Å². The minimum absolute atomic E-state index is 0.0571. The molecule has 7 heteroatoms. The fourth-order valence-corrected chi connectivity index (χ4v) is 5.32. The number of hydrogen-bond donors (Lipinski definition) is 1. The van der Waals surface area contributed by atoms with Crippen molar-refractivity contribution in [1.82, 2.24) is 9.99 Å². The maximum Gasteiger partial charge on any atom is 0.277 e. The second-order valence-electron chi connectivity index (χ2n) is 5.44. The predicted octanol–water partition coefficient (Wildman–Crippen LogP) is 3.52. The first-order valence-corrected chi connectivity index (χ1v) is 10.3. The highest BCUT2D eigenvalue weighted by atomic mass is 32.2. The van der Waals surface area contributed by atoms with Gasteiger partial charge in [-0.1, -0.05) is 12.1 Å². The van der Waals surface area contributed by atoms with E-state index in [1.165, 1.54) is 17.1 Å². The van der Waals surface area contributed by atoms with E-state index in [0.29, 0.717) is 10.3 Å². The predicted molar refractivity (Wildman–Crippen MR) is 105 cm³/mol. The second kappa shape index (κ2) is 9.01. The summed E-state index contributed by atoms with van der Waals surface area (Å²) in [7, 11) is 0. The number of nitrogens with one attached hydrogen (secondary N) is 1. The molecule has 1 aromatic heterocycles. The number of nitrogens with zero attached hydrogens (tertiary/aromatic N) is 2. The van der Waals surface area contributed by atoms with E-state index in [1.807, 2.05) is 58.6 Å². The molecule has 1 fully saturated rings. The highest BCUT2D eigenvalue weighted by Gasteiger charge is 2.17. The van der Waals surface area contributed by atoms with Crippen LogP contribution in [0.4, 0.5) is 0 Å². The molecule has 25 heavy (non-hydrogen) atoms. The van der Waals surface area contributed by atoms with E-state index in [0.717, 1.165) is 12.2 Å². The molecule has 2 aromatic rings. The Balaban J connectivity index is 1.44. The fourth-order valence-electron chi connectivity index (χ4n) is 2.46. The van der Waals surface area contributed by atoms with Crippen molar-refractivity contribution in [3.63, 3.8) is 0 Å². The summed E-state index contributed by atoms with van der Waals surface area (Å²) in [6.07, 6.45) is 3.60. The average molecular weight is 376 g/mol. The number of ether oxygens (including phenoxy) is 1. The number of hydrazone groups is 1. The summed E-state index contributed by atoms with van der Waals surface area (Å²) in [5.41, 5.74) is 4.73. The SMILES string of the molecule is CCn1cccc1/C=N\NC(=O)COc1ccc(C2SCCS2)cc1. The Labute approximate surface area is 156 Å². The first-order chi connectivity index (χ1) is 12.3. The van der Waals surface area contributed by atoms with Gasteiger partial charge in [0.2, 0.25) is 0 Å². The maximum absolute atomic E-state index is 11.8. The molecule has 1 saturated heterocycles. The first kappa shape index (κ1) is 17.9. The van der Waals surface area contributed by atoms with Crippen molar-refractivity contribution in [2.45, 2.75) is 18.1 Å². The van der Waals surface area contributed by atoms with Crippen LogP contribution in [0.25, 0.3) is 0 Å². The van der Waals surface area contributed by atoms with Crippen LogP contribution in [0.15, 0.2) is 47.7 Å². The van der Waals surface area contributed by atoms with Crippen LogP contribution in [0.1, 0.15) is 22.8 Å². The van der Waals surface area contributed by atoms with Crippen LogP contribution in [0.5, 0.6) is 5.75 Å². The number of aryl methyl sites for hydroxylation is 1. The Hall–Kier alpha value is -1.86. The number of carbonyl (C=O) groups excluding carboxylic acids is 1. The van der Waals surface area contributed by atoms with Gasteiger partial charge in [-0.05, 0) is 36.8 Å². The zero-order chi connectivity index (χ0) is 17.5. The van der Waals surface area contributed by atoms with E-state index in [-0.39, 0.29) is 12.5 Å². The molecule has 0 spiro atoms. The third-order valence-corrected chi connectivity index (χ3v) is 6.84. The van der Waals surface area contributed by atoms with Crippen molar-refractivity contribution in [2.24, 2.45) is 5.10 Å². The molecule has 1 N–H and O–H groups in total. The fraction of sp³-hybridized carbons (Fsp3) is 0.333. The molecule has 0 unspecified atom stereocenters. The van der Waals surface area contributed by atoms with Gasteiger partial charge >= 0.3 is 0 Å². The van der Waals surface area contributed by atoms with Crippen LogP contribution < -0.4 is 10.2 Å². The molecule has 0 bridgehead atoms. The third kappa shape index (κ3) is 5.06. The van der Waals surface area contributed by atoms with Crippen LogP contribution in [0, 0.1) is 0 Å². The van der Waals surface area contributed by atoms with Crippen molar-refractivity contribution in [2.75, 3.05) is 18.1 Å². The van der Waals surface area contributed by atoms with Gasteiger partial charge in [0, 0.05) is 24.2 Å². The molecular formula is C18H21N3O2S2. The number of rotatable bonds is 7. The summed E-state index contributed by atoms with van der Waals surface area (Å²) < 4.78 is 8.07.